The summed E-state index contributed by atoms with van der Waals surface area (Å²) in [5, 5.41) is 3.97. The molecule has 1 aromatic carbocycles. The molecule has 0 aliphatic rings. The predicted octanol–water partition coefficient (Wildman–Crippen LogP) is 2.47. The van der Waals surface area contributed by atoms with Crippen molar-refractivity contribution in [3.8, 4) is 0 Å². The van der Waals surface area contributed by atoms with Crippen molar-refractivity contribution in [2.45, 2.75) is 13.5 Å². The Bertz CT molecular complexity index is 265. The van der Waals surface area contributed by atoms with Crippen LogP contribution in [0.2, 0.25) is 5.02 Å². The Labute approximate surface area is 90.2 Å². The minimum atomic E-state index is 0.588. The molecule has 0 amide bonds. The molecule has 3 heteroatoms. The lowest BCUT2D eigenvalue weighted by Gasteiger charge is -2.05. The van der Waals surface area contributed by atoms with Crippen molar-refractivity contribution in [1.82, 2.24) is 5.32 Å². The van der Waals surface area contributed by atoms with Gasteiger partial charge in [0.2, 0.25) is 0 Å². The third-order valence-electron chi connectivity index (χ3n) is 1.89. The van der Waals surface area contributed by atoms with Gasteiger partial charge in [-0.1, -0.05) is 36.7 Å². The van der Waals surface area contributed by atoms with Gasteiger partial charge in [0.05, 0.1) is 13.2 Å². The molecule has 0 bridgehead atoms. The third kappa shape index (κ3) is 4.09. The van der Waals surface area contributed by atoms with Crippen molar-refractivity contribution in [1.29, 1.82) is 0 Å². The van der Waals surface area contributed by atoms with E-state index < -0.39 is 0 Å². The van der Waals surface area contributed by atoms with Crippen molar-refractivity contribution in [2.24, 2.45) is 0 Å². The number of nitrogens with one attached hydrogen (secondary N) is 1. The molecule has 0 aromatic heterocycles. The average Bonchev–Trinajstić information content (AvgIpc) is 2.20. The summed E-state index contributed by atoms with van der Waals surface area (Å²) in [5.74, 6) is 0. The minimum absolute atomic E-state index is 0.588. The van der Waals surface area contributed by atoms with Crippen LogP contribution in [0, 0.1) is 0 Å². The largest absolute Gasteiger partial charge is 0.375 e. The zero-order valence-electron chi connectivity index (χ0n) is 8.42. The summed E-state index contributed by atoms with van der Waals surface area (Å²) >= 11 is 5.97. The van der Waals surface area contributed by atoms with E-state index >= 15 is 0 Å². The molecule has 1 rings (SSSR count). The summed E-state index contributed by atoms with van der Waals surface area (Å²) in [4.78, 5) is 0. The second kappa shape index (κ2) is 6.82. The maximum atomic E-state index is 5.97. The highest BCUT2D eigenvalue weighted by Crippen LogP contribution is 2.15. The zero-order valence-corrected chi connectivity index (χ0v) is 9.18. The predicted molar refractivity (Wildman–Crippen MR) is 59.7 cm³/mol. The van der Waals surface area contributed by atoms with E-state index in [4.69, 9.17) is 16.3 Å². The molecule has 2 nitrogen and oxygen atoms in total. The molecule has 0 saturated heterocycles. The number of halogens is 1. The monoisotopic (exact) mass is 213 g/mol. The van der Waals surface area contributed by atoms with Gasteiger partial charge in [0.1, 0.15) is 0 Å². The molecule has 0 saturated carbocycles. The van der Waals surface area contributed by atoms with E-state index in [0.29, 0.717) is 6.61 Å². The van der Waals surface area contributed by atoms with Gasteiger partial charge in [-0.2, -0.15) is 0 Å². The standard InChI is InChI=1S/C11H16ClNO/c1-2-13-7-8-14-9-10-5-3-4-6-11(10)12/h3-6,13H,2,7-9H2,1H3. The quantitative estimate of drug-likeness (QED) is 0.734. The molecule has 0 atom stereocenters. The van der Waals surface area contributed by atoms with Crippen molar-refractivity contribution in [3.05, 3.63) is 34.9 Å². The lowest BCUT2D eigenvalue weighted by molar-refractivity contribution is 0.123. The van der Waals surface area contributed by atoms with Crippen molar-refractivity contribution >= 4 is 11.6 Å². The van der Waals surface area contributed by atoms with Gasteiger partial charge in [0.15, 0.2) is 0 Å². The Morgan fingerprint density at radius 2 is 2.14 bits per heavy atom. The molecule has 0 unspecified atom stereocenters. The Morgan fingerprint density at radius 3 is 2.86 bits per heavy atom. The normalized spacial score (nSPS) is 10.4. The van der Waals surface area contributed by atoms with E-state index in [-0.39, 0.29) is 0 Å². The summed E-state index contributed by atoms with van der Waals surface area (Å²) in [6.07, 6.45) is 0. The molecule has 1 aromatic rings. The Kier molecular flexibility index (Phi) is 5.60. The lowest BCUT2D eigenvalue weighted by atomic mass is 10.2. The Hall–Kier alpha value is -0.570. The molecule has 1 N–H and O–H groups in total. The first-order valence-electron chi connectivity index (χ1n) is 4.86. The number of hydrogen-bond acceptors (Lipinski definition) is 2. The Morgan fingerprint density at radius 1 is 1.36 bits per heavy atom. The molecular formula is C11H16ClNO. The summed E-state index contributed by atoms with van der Waals surface area (Å²) in [6.45, 7) is 5.26. The highest BCUT2D eigenvalue weighted by Gasteiger charge is 1.97. The van der Waals surface area contributed by atoms with E-state index in [0.717, 1.165) is 30.3 Å². The highest BCUT2D eigenvalue weighted by atomic mass is 35.5. The summed E-state index contributed by atoms with van der Waals surface area (Å²) < 4.78 is 5.46. The first-order chi connectivity index (χ1) is 6.84. The molecule has 0 spiro atoms. The fourth-order valence-corrected chi connectivity index (χ4v) is 1.31. The van der Waals surface area contributed by atoms with Crippen LogP contribution in [0.3, 0.4) is 0 Å². The van der Waals surface area contributed by atoms with Crippen LogP contribution in [0.25, 0.3) is 0 Å². The minimum Gasteiger partial charge on any atom is -0.375 e. The molecule has 78 valence electrons. The Balaban J connectivity index is 2.21. The van der Waals surface area contributed by atoms with Crippen molar-refractivity contribution in [3.63, 3.8) is 0 Å². The van der Waals surface area contributed by atoms with Crippen molar-refractivity contribution in [2.75, 3.05) is 19.7 Å². The summed E-state index contributed by atoms with van der Waals surface area (Å²) in [5.41, 5.74) is 1.05. The lowest BCUT2D eigenvalue weighted by Crippen LogP contribution is -2.18. The third-order valence-corrected chi connectivity index (χ3v) is 2.26. The number of rotatable bonds is 6. The maximum absolute atomic E-state index is 5.97. The van der Waals surface area contributed by atoms with E-state index in [9.17, 15) is 0 Å². The number of likely N-dealkylation sites (N-methyl/N-ethyl adjacent to an activating group) is 1. The van der Waals surface area contributed by atoms with Gasteiger partial charge >= 0.3 is 0 Å². The molecule has 0 aliphatic carbocycles. The summed E-state index contributed by atoms with van der Waals surface area (Å²) in [7, 11) is 0. The number of ether oxygens (including phenoxy) is 1. The molecule has 0 aliphatic heterocycles. The van der Waals surface area contributed by atoms with Gasteiger partial charge in [-0.3, -0.25) is 0 Å². The zero-order chi connectivity index (χ0) is 10.2. The molecule has 0 heterocycles. The van der Waals surface area contributed by atoms with Gasteiger partial charge in [0.25, 0.3) is 0 Å². The maximum Gasteiger partial charge on any atom is 0.0731 e. The van der Waals surface area contributed by atoms with E-state index in [1.807, 2.05) is 24.3 Å². The van der Waals surface area contributed by atoms with Gasteiger partial charge in [-0.25, -0.2) is 0 Å². The van der Waals surface area contributed by atoms with Crippen LogP contribution in [-0.2, 0) is 11.3 Å². The topological polar surface area (TPSA) is 21.3 Å². The average molecular weight is 214 g/mol. The molecule has 0 radical (unpaired) electrons. The fourth-order valence-electron chi connectivity index (χ4n) is 1.12. The van der Waals surface area contributed by atoms with Gasteiger partial charge in [-0.05, 0) is 18.2 Å². The first-order valence-corrected chi connectivity index (χ1v) is 5.24. The first kappa shape index (κ1) is 11.5. The SMILES string of the molecule is CCNCCOCc1ccccc1Cl. The number of benzene rings is 1. The highest BCUT2D eigenvalue weighted by molar-refractivity contribution is 6.31. The molecule has 14 heavy (non-hydrogen) atoms. The van der Waals surface area contributed by atoms with Crippen LogP contribution < -0.4 is 5.32 Å². The van der Waals surface area contributed by atoms with E-state index in [1.165, 1.54) is 0 Å². The van der Waals surface area contributed by atoms with E-state index in [1.54, 1.807) is 0 Å². The van der Waals surface area contributed by atoms with Crippen LogP contribution >= 0.6 is 11.6 Å². The second-order valence-electron chi connectivity index (χ2n) is 3.00. The smallest absolute Gasteiger partial charge is 0.0731 e. The van der Waals surface area contributed by atoms with Gasteiger partial charge < -0.3 is 10.1 Å². The van der Waals surface area contributed by atoms with Crippen LogP contribution in [0.4, 0.5) is 0 Å². The van der Waals surface area contributed by atoms with Gasteiger partial charge in [0, 0.05) is 11.6 Å². The van der Waals surface area contributed by atoms with Crippen LogP contribution in [-0.4, -0.2) is 19.7 Å². The second-order valence-corrected chi connectivity index (χ2v) is 3.40. The van der Waals surface area contributed by atoms with Crippen LogP contribution in [0.5, 0.6) is 0 Å². The molecular weight excluding hydrogens is 198 g/mol. The summed E-state index contributed by atoms with van der Waals surface area (Å²) in [6, 6.07) is 7.75. The van der Waals surface area contributed by atoms with Crippen LogP contribution in [0.15, 0.2) is 24.3 Å². The number of hydrogen-bond donors (Lipinski definition) is 1. The fraction of sp³-hybridized carbons (Fsp3) is 0.455. The van der Waals surface area contributed by atoms with Crippen LogP contribution in [0.1, 0.15) is 12.5 Å². The van der Waals surface area contributed by atoms with Crippen molar-refractivity contribution < 1.29 is 4.74 Å². The van der Waals surface area contributed by atoms with E-state index in [2.05, 4.69) is 12.2 Å². The molecule has 0 fully saturated rings. The van der Waals surface area contributed by atoms with Gasteiger partial charge in [-0.15, -0.1) is 0 Å².